The van der Waals surface area contributed by atoms with Crippen molar-refractivity contribution in [1.82, 2.24) is 0 Å². The van der Waals surface area contributed by atoms with Gasteiger partial charge in [-0.1, -0.05) is 26.2 Å². The van der Waals surface area contributed by atoms with E-state index >= 15 is 0 Å². The van der Waals surface area contributed by atoms with Crippen LogP contribution >= 0.6 is 0 Å². The molecule has 0 radical (unpaired) electrons. The maximum Gasteiger partial charge on any atom is 0.144 e. The Labute approximate surface area is 90.8 Å². The minimum Gasteiger partial charge on any atom is -0.234 e. The standard InChI is InChI=1S/C11H23NOS/c1-5-6-7-8-9-10-12-14(13)11(2,3)4/h10H,5-9H2,1-4H3/b12-10+/t14-/m1/s1. The topological polar surface area (TPSA) is 29.4 Å². The average molecular weight is 217 g/mol. The lowest BCUT2D eigenvalue weighted by atomic mass is 10.2. The molecule has 0 amide bonds. The maximum absolute atomic E-state index is 11.5. The summed E-state index contributed by atoms with van der Waals surface area (Å²) in [6.07, 6.45) is 7.74. The Bertz CT molecular complexity index is 194. The molecule has 0 saturated carbocycles. The van der Waals surface area contributed by atoms with E-state index in [1.165, 1.54) is 25.7 Å². The van der Waals surface area contributed by atoms with Gasteiger partial charge < -0.3 is 0 Å². The zero-order valence-electron chi connectivity index (χ0n) is 9.88. The molecular weight excluding hydrogens is 194 g/mol. The summed E-state index contributed by atoms with van der Waals surface area (Å²) in [7, 11) is -1.08. The van der Waals surface area contributed by atoms with Crippen molar-refractivity contribution in [2.24, 2.45) is 4.40 Å². The second kappa shape index (κ2) is 7.16. The van der Waals surface area contributed by atoms with Gasteiger partial charge in [-0.25, -0.2) is 4.21 Å². The van der Waals surface area contributed by atoms with Crippen LogP contribution in [-0.2, 0) is 11.0 Å². The Hall–Kier alpha value is -0.180. The van der Waals surface area contributed by atoms with E-state index in [9.17, 15) is 4.21 Å². The van der Waals surface area contributed by atoms with Gasteiger partial charge in [-0.2, -0.15) is 4.40 Å². The number of nitrogens with zero attached hydrogens (tertiary/aromatic N) is 1. The Morgan fingerprint density at radius 3 is 2.36 bits per heavy atom. The molecule has 84 valence electrons. The third-order valence-corrected chi connectivity index (χ3v) is 3.27. The highest BCUT2D eigenvalue weighted by molar-refractivity contribution is 7.85. The second-order valence-corrected chi connectivity index (χ2v) is 6.43. The molecule has 1 atom stereocenters. The first kappa shape index (κ1) is 13.8. The van der Waals surface area contributed by atoms with Crippen molar-refractivity contribution in [1.29, 1.82) is 0 Å². The number of unbranched alkanes of at least 4 members (excludes halogenated alkanes) is 4. The van der Waals surface area contributed by atoms with Crippen molar-refractivity contribution in [3.05, 3.63) is 0 Å². The van der Waals surface area contributed by atoms with Crippen LogP contribution in [-0.4, -0.2) is 15.2 Å². The summed E-state index contributed by atoms with van der Waals surface area (Å²) in [4.78, 5) is 0. The molecule has 0 fully saturated rings. The van der Waals surface area contributed by atoms with Crippen LogP contribution in [0.4, 0.5) is 0 Å². The third kappa shape index (κ3) is 7.25. The molecule has 0 rings (SSSR count). The highest BCUT2D eigenvalue weighted by Gasteiger charge is 2.17. The van der Waals surface area contributed by atoms with E-state index in [0.29, 0.717) is 0 Å². The third-order valence-electron chi connectivity index (χ3n) is 1.88. The number of hydrogen-bond acceptors (Lipinski definition) is 1. The lowest BCUT2D eigenvalue weighted by Gasteiger charge is -2.12. The van der Waals surface area contributed by atoms with E-state index < -0.39 is 11.0 Å². The molecule has 0 aliphatic carbocycles. The van der Waals surface area contributed by atoms with Gasteiger partial charge >= 0.3 is 0 Å². The van der Waals surface area contributed by atoms with Crippen molar-refractivity contribution < 1.29 is 4.21 Å². The number of rotatable bonds is 6. The summed E-state index contributed by atoms with van der Waals surface area (Å²) in [6, 6.07) is 0. The molecule has 0 bridgehead atoms. The van der Waals surface area contributed by atoms with Gasteiger partial charge in [0.05, 0.1) is 4.75 Å². The first-order valence-electron chi connectivity index (χ1n) is 5.43. The molecule has 0 aliphatic rings. The summed E-state index contributed by atoms with van der Waals surface area (Å²) < 4.78 is 15.3. The lowest BCUT2D eigenvalue weighted by molar-refractivity contribution is 0.650. The van der Waals surface area contributed by atoms with E-state index in [1.54, 1.807) is 0 Å². The first-order chi connectivity index (χ1) is 6.48. The fraction of sp³-hybridized carbons (Fsp3) is 0.909. The van der Waals surface area contributed by atoms with Gasteiger partial charge in [-0.15, -0.1) is 0 Å². The maximum atomic E-state index is 11.5. The van der Waals surface area contributed by atoms with E-state index in [-0.39, 0.29) is 4.75 Å². The normalized spacial score (nSPS) is 14.9. The number of hydrogen-bond donors (Lipinski definition) is 0. The van der Waals surface area contributed by atoms with Crippen LogP contribution in [0.3, 0.4) is 0 Å². The molecule has 0 aromatic rings. The Morgan fingerprint density at radius 1 is 1.21 bits per heavy atom. The van der Waals surface area contributed by atoms with Crippen molar-refractivity contribution in [3.63, 3.8) is 0 Å². The van der Waals surface area contributed by atoms with E-state index in [4.69, 9.17) is 0 Å². The molecule has 0 unspecified atom stereocenters. The molecular formula is C11H23NOS. The molecule has 0 aliphatic heterocycles. The summed E-state index contributed by atoms with van der Waals surface area (Å²) >= 11 is 0. The van der Waals surface area contributed by atoms with Gasteiger partial charge in [-0.05, 0) is 33.6 Å². The van der Waals surface area contributed by atoms with Crippen LogP contribution in [0.5, 0.6) is 0 Å². The monoisotopic (exact) mass is 217 g/mol. The molecule has 0 aromatic heterocycles. The van der Waals surface area contributed by atoms with Crippen molar-refractivity contribution >= 4 is 17.2 Å². The van der Waals surface area contributed by atoms with Crippen LogP contribution in [0, 0.1) is 0 Å². The fourth-order valence-corrected chi connectivity index (χ4v) is 1.50. The summed E-state index contributed by atoms with van der Waals surface area (Å²) in [5.74, 6) is 0. The first-order valence-corrected chi connectivity index (χ1v) is 6.53. The van der Waals surface area contributed by atoms with Crippen molar-refractivity contribution in [3.8, 4) is 0 Å². The summed E-state index contributed by atoms with van der Waals surface area (Å²) in [6.45, 7) is 8.02. The molecule has 0 heterocycles. The van der Waals surface area contributed by atoms with E-state index in [0.717, 1.165) is 6.42 Å². The summed E-state index contributed by atoms with van der Waals surface area (Å²) in [5.41, 5.74) is 0. The predicted molar refractivity (Wildman–Crippen MR) is 65.1 cm³/mol. The molecule has 0 spiro atoms. The SMILES string of the molecule is CCCCCC/C=N/[S@](=O)C(C)(C)C. The second-order valence-electron chi connectivity index (χ2n) is 4.50. The highest BCUT2D eigenvalue weighted by atomic mass is 32.2. The van der Waals surface area contributed by atoms with Crippen molar-refractivity contribution in [2.45, 2.75) is 64.5 Å². The fourth-order valence-electron chi connectivity index (χ4n) is 0.941. The van der Waals surface area contributed by atoms with Crippen LogP contribution in [0.1, 0.15) is 59.8 Å². The largest absolute Gasteiger partial charge is 0.234 e. The molecule has 0 N–H and O–H groups in total. The van der Waals surface area contributed by atoms with Crippen LogP contribution < -0.4 is 0 Å². The van der Waals surface area contributed by atoms with Crippen LogP contribution in [0.15, 0.2) is 4.40 Å². The highest BCUT2D eigenvalue weighted by Crippen LogP contribution is 2.11. The average Bonchev–Trinajstić information content (AvgIpc) is 2.09. The van der Waals surface area contributed by atoms with E-state index in [2.05, 4.69) is 11.3 Å². The van der Waals surface area contributed by atoms with Gasteiger partial charge in [0.2, 0.25) is 0 Å². The Kier molecular flexibility index (Phi) is 7.06. The van der Waals surface area contributed by atoms with Crippen LogP contribution in [0.25, 0.3) is 0 Å². The predicted octanol–water partition coefficient (Wildman–Crippen LogP) is 3.49. The molecule has 0 aromatic carbocycles. The zero-order chi connectivity index (χ0) is 11.0. The minimum atomic E-state index is -1.08. The molecule has 14 heavy (non-hydrogen) atoms. The zero-order valence-corrected chi connectivity index (χ0v) is 10.7. The summed E-state index contributed by atoms with van der Waals surface area (Å²) in [5, 5.41) is 0. The van der Waals surface area contributed by atoms with E-state index in [1.807, 2.05) is 27.0 Å². The van der Waals surface area contributed by atoms with Gasteiger partial charge in [-0.3, -0.25) is 0 Å². The van der Waals surface area contributed by atoms with Gasteiger partial charge in [0.25, 0.3) is 0 Å². The van der Waals surface area contributed by atoms with Gasteiger partial charge in [0.15, 0.2) is 0 Å². The quantitative estimate of drug-likeness (QED) is 0.494. The Morgan fingerprint density at radius 2 is 1.86 bits per heavy atom. The minimum absolute atomic E-state index is 0.222. The Balaban J connectivity index is 3.58. The molecule has 2 nitrogen and oxygen atoms in total. The van der Waals surface area contributed by atoms with Gasteiger partial charge in [0, 0.05) is 6.21 Å². The molecule has 3 heteroatoms. The van der Waals surface area contributed by atoms with Gasteiger partial charge in [0.1, 0.15) is 11.0 Å². The lowest BCUT2D eigenvalue weighted by Crippen LogP contribution is -2.19. The smallest absolute Gasteiger partial charge is 0.144 e. The van der Waals surface area contributed by atoms with Crippen LogP contribution in [0.2, 0.25) is 0 Å². The molecule has 0 saturated heterocycles. The van der Waals surface area contributed by atoms with Crippen molar-refractivity contribution in [2.75, 3.05) is 0 Å².